The van der Waals surface area contributed by atoms with Crippen LogP contribution in [0.2, 0.25) is 0 Å². The van der Waals surface area contributed by atoms with E-state index in [1.807, 2.05) is 17.1 Å². The van der Waals surface area contributed by atoms with Crippen molar-refractivity contribution in [3.63, 3.8) is 0 Å². The molecule has 0 radical (unpaired) electrons. The molecule has 0 spiro atoms. The van der Waals surface area contributed by atoms with E-state index in [-0.39, 0.29) is 0 Å². The van der Waals surface area contributed by atoms with Crippen molar-refractivity contribution < 1.29 is 4.52 Å². The Morgan fingerprint density at radius 1 is 1.26 bits per heavy atom. The highest BCUT2D eigenvalue weighted by Gasteiger charge is 2.12. The van der Waals surface area contributed by atoms with E-state index in [1.165, 1.54) is 0 Å². The van der Waals surface area contributed by atoms with Crippen molar-refractivity contribution in [3.05, 3.63) is 35.7 Å². The van der Waals surface area contributed by atoms with Gasteiger partial charge in [0.15, 0.2) is 5.96 Å². The Balaban J connectivity index is 1.96. The molecule has 23 heavy (non-hydrogen) atoms. The van der Waals surface area contributed by atoms with E-state index in [2.05, 4.69) is 46.5 Å². The van der Waals surface area contributed by atoms with Crippen LogP contribution in [-0.2, 0) is 25.9 Å². The van der Waals surface area contributed by atoms with Gasteiger partial charge < -0.3 is 19.7 Å². The third kappa shape index (κ3) is 4.84. The molecule has 0 aromatic carbocycles. The maximum absolute atomic E-state index is 5.39. The fourth-order valence-corrected chi connectivity index (χ4v) is 2.34. The number of hydrogen-bond donors (Lipinski definition) is 2. The quantitative estimate of drug-likeness (QED) is 0.572. The monoisotopic (exact) mass is 318 g/mol. The SMILES string of the molecule is CCNC(=NCc1c(CC)noc1CC)NCCn1ccnc1. The summed E-state index contributed by atoms with van der Waals surface area (Å²) in [6.07, 6.45) is 7.24. The van der Waals surface area contributed by atoms with Gasteiger partial charge in [-0.05, 0) is 13.3 Å². The molecule has 2 aromatic rings. The summed E-state index contributed by atoms with van der Waals surface area (Å²) in [5.74, 6) is 1.73. The number of nitrogens with zero attached hydrogens (tertiary/aromatic N) is 4. The second-order valence-corrected chi connectivity index (χ2v) is 5.16. The molecule has 2 N–H and O–H groups in total. The van der Waals surface area contributed by atoms with Crippen LogP contribution >= 0.6 is 0 Å². The summed E-state index contributed by atoms with van der Waals surface area (Å²) < 4.78 is 7.42. The van der Waals surface area contributed by atoms with Gasteiger partial charge in [-0.3, -0.25) is 0 Å². The summed E-state index contributed by atoms with van der Waals surface area (Å²) in [5.41, 5.74) is 2.11. The zero-order valence-electron chi connectivity index (χ0n) is 14.2. The van der Waals surface area contributed by atoms with Gasteiger partial charge in [-0.2, -0.15) is 0 Å². The Kier molecular flexibility index (Phi) is 6.65. The summed E-state index contributed by atoms with van der Waals surface area (Å²) in [6.45, 7) is 9.24. The smallest absolute Gasteiger partial charge is 0.191 e. The predicted molar refractivity (Wildman–Crippen MR) is 90.3 cm³/mol. The zero-order valence-corrected chi connectivity index (χ0v) is 14.2. The largest absolute Gasteiger partial charge is 0.361 e. The third-order valence-electron chi connectivity index (χ3n) is 3.57. The minimum Gasteiger partial charge on any atom is -0.361 e. The van der Waals surface area contributed by atoms with Gasteiger partial charge in [-0.1, -0.05) is 19.0 Å². The zero-order chi connectivity index (χ0) is 16.5. The summed E-state index contributed by atoms with van der Waals surface area (Å²) in [4.78, 5) is 8.70. The van der Waals surface area contributed by atoms with Gasteiger partial charge in [0.25, 0.3) is 0 Å². The molecule has 0 aliphatic rings. The molecular weight excluding hydrogens is 292 g/mol. The Hall–Kier alpha value is -2.31. The molecule has 126 valence electrons. The number of guanidine groups is 1. The lowest BCUT2D eigenvalue weighted by Crippen LogP contribution is -2.38. The Labute approximate surface area is 137 Å². The third-order valence-corrected chi connectivity index (χ3v) is 3.57. The number of aromatic nitrogens is 3. The highest BCUT2D eigenvalue weighted by atomic mass is 16.5. The van der Waals surface area contributed by atoms with Crippen molar-refractivity contribution in [2.75, 3.05) is 13.1 Å². The van der Waals surface area contributed by atoms with Crippen LogP contribution in [0.4, 0.5) is 0 Å². The summed E-state index contributed by atoms with van der Waals surface area (Å²) in [6, 6.07) is 0. The molecule has 7 nitrogen and oxygen atoms in total. The number of aryl methyl sites for hydroxylation is 2. The van der Waals surface area contributed by atoms with Crippen LogP contribution in [0.1, 0.15) is 37.8 Å². The normalized spacial score (nSPS) is 11.7. The predicted octanol–water partition coefficient (Wildman–Crippen LogP) is 1.75. The van der Waals surface area contributed by atoms with Gasteiger partial charge in [-0.15, -0.1) is 0 Å². The molecule has 7 heteroatoms. The molecule has 0 saturated carbocycles. The topological polar surface area (TPSA) is 80.3 Å². The molecule has 0 saturated heterocycles. The average Bonchev–Trinajstić information content (AvgIpc) is 3.21. The number of nitrogens with one attached hydrogen (secondary N) is 2. The van der Waals surface area contributed by atoms with Crippen molar-refractivity contribution in [3.8, 4) is 0 Å². The molecule has 0 atom stereocenters. The molecule has 0 aliphatic carbocycles. The van der Waals surface area contributed by atoms with E-state index in [0.717, 1.165) is 55.5 Å². The van der Waals surface area contributed by atoms with E-state index < -0.39 is 0 Å². The van der Waals surface area contributed by atoms with Crippen LogP contribution < -0.4 is 10.6 Å². The minimum absolute atomic E-state index is 0.580. The fourth-order valence-electron chi connectivity index (χ4n) is 2.34. The van der Waals surface area contributed by atoms with E-state index in [4.69, 9.17) is 4.52 Å². The van der Waals surface area contributed by atoms with Crippen LogP contribution in [-0.4, -0.2) is 33.8 Å². The molecule has 2 aromatic heterocycles. The first-order valence-corrected chi connectivity index (χ1v) is 8.22. The minimum atomic E-state index is 0.580. The van der Waals surface area contributed by atoms with Crippen molar-refractivity contribution in [2.24, 2.45) is 4.99 Å². The highest BCUT2D eigenvalue weighted by molar-refractivity contribution is 5.79. The van der Waals surface area contributed by atoms with Gasteiger partial charge in [-0.25, -0.2) is 9.98 Å². The first-order valence-electron chi connectivity index (χ1n) is 8.22. The molecule has 0 aliphatic heterocycles. The molecule has 2 rings (SSSR count). The van der Waals surface area contributed by atoms with E-state index in [0.29, 0.717) is 6.54 Å². The first-order chi connectivity index (χ1) is 11.3. The molecule has 2 heterocycles. The number of aliphatic imine (C=N–C) groups is 1. The van der Waals surface area contributed by atoms with Crippen LogP contribution in [0.3, 0.4) is 0 Å². The van der Waals surface area contributed by atoms with Gasteiger partial charge in [0.1, 0.15) is 5.76 Å². The molecule has 0 unspecified atom stereocenters. The first kappa shape index (κ1) is 17.1. The van der Waals surface area contributed by atoms with E-state index in [9.17, 15) is 0 Å². The standard InChI is InChI=1S/C16H26N6O/c1-4-14-13(15(5-2)23-21-14)11-20-16(18-6-3)19-8-10-22-9-7-17-12-22/h7,9,12H,4-6,8,10-11H2,1-3H3,(H2,18,19,20). The summed E-state index contributed by atoms with van der Waals surface area (Å²) >= 11 is 0. The lowest BCUT2D eigenvalue weighted by atomic mass is 10.1. The second-order valence-electron chi connectivity index (χ2n) is 5.16. The number of hydrogen-bond acceptors (Lipinski definition) is 4. The maximum Gasteiger partial charge on any atom is 0.191 e. The van der Waals surface area contributed by atoms with Crippen LogP contribution in [0, 0.1) is 0 Å². The average molecular weight is 318 g/mol. The van der Waals surface area contributed by atoms with Crippen LogP contribution in [0.5, 0.6) is 0 Å². The highest BCUT2D eigenvalue weighted by Crippen LogP contribution is 2.16. The lowest BCUT2D eigenvalue weighted by molar-refractivity contribution is 0.380. The number of rotatable bonds is 8. The van der Waals surface area contributed by atoms with Gasteiger partial charge in [0.2, 0.25) is 0 Å². The van der Waals surface area contributed by atoms with Crippen LogP contribution in [0.25, 0.3) is 0 Å². The van der Waals surface area contributed by atoms with Crippen molar-refractivity contribution >= 4 is 5.96 Å². The Morgan fingerprint density at radius 2 is 2.13 bits per heavy atom. The van der Waals surface area contributed by atoms with E-state index >= 15 is 0 Å². The molecule has 0 bridgehead atoms. The van der Waals surface area contributed by atoms with Gasteiger partial charge >= 0.3 is 0 Å². The lowest BCUT2D eigenvalue weighted by Gasteiger charge is -2.11. The number of imidazole rings is 1. The molecular formula is C16H26N6O. The second kappa shape index (κ2) is 8.97. The summed E-state index contributed by atoms with van der Waals surface area (Å²) in [5, 5.41) is 10.7. The summed E-state index contributed by atoms with van der Waals surface area (Å²) in [7, 11) is 0. The van der Waals surface area contributed by atoms with Crippen molar-refractivity contribution in [1.82, 2.24) is 25.3 Å². The fraction of sp³-hybridized carbons (Fsp3) is 0.562. The van der Waals surface area contributed by atoms with Crippen LogP contribution in [0.15, 0.2) is 28.2 Å². The van der Waals surface area contributed by atoms with E-state index in [1.54, 1.807) is 6.20 Å². The van der Waals surface area contributed by atoms with Gasteiger partial charge in [0.05, 0.1) is 18.6 Å². The molecule has 0 amide bonds. The molecule has 0 fully saturated rings. The van der Waals surface area contributed by atoms with Crippen molar-refractivity contribution in [1.29, 1.82) is 0 Å². The van der Waals surface area contributed by atoms with Gasteiger partial charge in [0, 0.05) is 44.0 Å². The maximum atomic E-state index is 5.39. The Bertz CT molecular complexity index is 581. The Morgan fingerprint density at radius 3 is 2.78 bits per heavy atom. The van der Waals surface area contributed by atoms with Crippen molar-refractivity contribution in [2.45, 2.75) is 46.7 Å².